The molecule has 86 valence electrons. The number of hydrogen-bond acceptors (Lipinski definition) is 2. The summed E-state index contributed by atoms with van der Waals surface area (Å²) < 4.78 is 14.7. The molecule has 2 nitrogen and oxygen atoms in total. The first kappa shape index (κ1) is 11.3. The zero-order chi connectivity index (χ0) is 11.8. The first-order valence-corrected chi connectivity index (χ1v) is 5.51. The monoisotopic (exact) mass is 221 g/mol. The third-order valence-electron chi connectivity index (χ3n) is 3.20. The van der Waals surface area contributed by atoms with E-state index in [1.807, 2.05) is 11.9 Å². The molecule has 0 N–H and O–H groups in total. The average Bonchev–Trinajstić information content (AvgIpc) is 2.60. The van der Waals surface area contributed by atoms with E-state index >= 15 is 0 Å². The molecule has 0 aromatic heterocycles. The summed E-state index contributed by atoms with van der Waals surface area (Å²) in [6.07, 6.45) is 0.466. The minimum absolute atomic E-state index is 0.0674. The number of Topliss-reactive ketones (excluding diaryl/α,β-unsaturated/α-hetero) is 1. The van der Waals surface area contributed by atoms with Crippen LogP contribution in [0.4, 0.5) is 4.39 Å². The minimum atomic E-state index is -1.36. The fourth-order valence-corrected chi connectivity index (χ4v) is 2.35. The van der Waals surface area contributed by atoms with Gasteiger partial charge in [-0.2, -0.15) is 0 Å². The standard InChI is InChI=1S/C13H16FNO/c1-10(16)11-5-3-4-6-12(11)13(14)7-8-15(2)9-13/h3-6H,7-9H2,1-2H3. The van der Waals surface area contributed by atoms with Crippen LogP contribution in [0.15, 0.2) is 24.3 Å². The molecule has 1 aliphatic heterocycles. The van der Waals surface area contributed by atoms with Gasteiger partial charge in [-0.3, -0.25) is 4.79 Å². The quantitative estimate of drug-likeness (QED) is 0.715. The van der Waals surface area contributed by atoms with Gasteiger partial charge in [-0.15, -0.1) is 0 Å². The number of carbonyl (C=O) groups is 1. The minimum Gasteiger partial charge on any atom is -0.303 e. The van der Waals surface area contributed by atoms with Crippen molar-refractivity contribution in [3.63, 3.8) is 0 Å². The molecule has 1 aromatic carbocycles. The number of likely N-dealkylation sites (N-methyl/N-ethyl adjacent to an activating group) is 1. The van der Waals surface area contributed by atoms with Crippen LogP contribution >= 0.6 is 0 Å². The molecule has 16 heavy (non-hydrogen) atoms. The van der Waals surface area contributed by atoms with E-state index in [1.165, 1.54) is 6.92 Å². The molecule has 2 rings (SSSR count). The highest BCUT2D eigenvalue weighted by Gasteiger charge is 2.40. The van der Waals surface area contributed by atoms with Gasteiger partial charge in [0, 0.05) is 24.2 Å². The van der Waals surface area contributed by atoms with Crippen LogP contribution < -0.4 is 0 Å². The molecule has 0 aliphatic carbocycles. The Morgan fingerprint density at radius 1 is 1.44 bits per heavy atom. The summed E-state index contributed by atoms with van der Waals surface area (Å²) in [4.78, 5) is 13.4. The Kier molecular flexibility index (Phi) is 2.80. The second-order valence-corrected chi connectivity index (χ2v) is 4.55. The van der Waals surface area contributed by atoms with Crippen molar-refractivity contribution in [3.05, 3.63) is 35.4 Å². The van der Waals surface area contributed by atoms with Crippen LogP contribution in [0.3, 0.4) is 0 Å². The first-order chi connectivity index (χ1) is 7.53. The maximum atomic E-state index is 14.7. The van der Waals surface area contributed by atoms with Gasteiger partial charge >= 0.3 is 0 Å². The van der Waals surface area contributed by atoms with Crippen molar-refractivity contribution in [2.75, 3.05) is 20.1 Å². The molecule has 0 spiro atoms. The Hall–Kier alpha value is -1.22. The molecular formula is C13H16FNO. The fraction of sp³-hybridized carbons (Fsp3) is 0.462. The average molecular weight is 221 g/mol. The molecule has 0 bridgehead atoms. The molecule has 3 heteroatoms. The topological polar surface area (TPSA) is 20.3 Å². The summed E-state index contributed by atoms with van der Waals surface area (Å²) in [5.41, 5.74) is -0.302. The van der Waals surface area contributed by atoms with E-state index in [9.17, 15) is 9.18 Å². The van der Waals surface area contributed by atoms with Crippen molar-refractivity contribution in [2.45, 2.75) is 19.0 Å². The molecule has 1 fully saturated rings. The molecule has 1 aliphatic rings. The molecule has 0 amide bonds. The van der Waals surface area contributed by atoms with Gasteiger partial charge < -0.3 is 4.90 Å². The van der Waals surface area contributed by atoms with Crippen molar-refractivity contribution in [1.29, 1.82) is 0 Å². The van der Waals surface area contributed by atoms with Crippen LogP contribution in [-0.4, -0.2) is 30.8 Å². The second-order valence-electron chi connectivity index (χ2n) is 4.55. The highest BCUT2D eigenvalue weighted by molar-refractivity contribution is 5.95. The Bertz CT molecular complexity index is 418. The zero-order valence-electron chi connectivity index (χ0n) is 9.66. The third kappa shape index (κ3) is 1.87. The van der Waals surface area contributed by atoms with Gasteiger partial charge in [0.05, 0.1) is 0 Å². The molecule has 1 saturated heterocycles. The smallest absolute Gasteiger partial charge is 0.160 e. The Balaban J connectivity index is 2.44. The molecule has 1 atom stereocenters. The summed E-state index contributed by atoms with van der Waals surface area (Å²) in [6.45, 7) is 2.60. The molecule has 0 saturated carbocycles. The van der Waals surface area contributed by atoms with Crippen LogP contribution in [0.25, 0.3) is 0 Å². The third-order valence-corrected chi connectivity index (χ3v) is 3.20. The van der Waals surface area contributed by atoms with E-state index in [2.05, 4.69) is 0 Å². The Morgan fingerprint density at radius 3 is 2.69 bits per heavy atom. The Morgan fingerprint density at radius 2 is 2.12 bits per heavy atom. The number of nitrogens with zero attached hydrogens (tertiary/aromatic N) is 1. The van der Waals surface area contributed by atoms with E-state index in [0.717, 1.165) is 6.54 Å². The van der Waals surface area contributed by atoms with Crippen molar-refractivity contribution in [2.24, 2.45) is 0 Å². The molecular weight excluding hydrogens is 205 g/mol. The summed E-state index contributed by atoms with van der Waals surface area (Å²) in [7, 11) is 1.90. The second kappa shape index (κ2) is 3.98. The van der Waals surface area contributed by atoms with Crippen LogP contribution in [0.1, 0.15) is 29.3 Å². The summed E-state index contributed by atoms with van der Waals surface area (Å²) in [5, 5.41) is 0. The van der Waals surface area contributed by atoms with Gasteiger partial charge in [0.2, 0.25) is 0 Å². The highest BCUT2D eigenvalue weighted by Crippen LogP contribution is 2.37. The van der Waals surface area contributed by atoms with E-state index in [-0.39, 0.29) is 5.78 Å². The number of carbonyl (C=O) groups excluding carboxylic acids is 1. The lowest BCUT2D eigenvalue weighted by atomic mass is 9.89. The number of alkyl halides is 1. The van der Waals surface area contributed by atoms with E-state index in [0.29, 0.717) is 24.1 Å². The lowest BCUT2D eigenvalue weighted by Gasteiger charge is -2.22. The van der Waals surface area contributed by atoms with Gasteiger partial charge in [0.25, 0.3) is 0 Å². The number of rotatable bonds is 2. The predicted octanol–water partition coefficient (Wildman–Crippen LogP) is 2.39. The van der Waals surface area contributed by atoms with Gasteiger partial charge in [-0.1, -0.05) is 24.3 Å². The van der Waals surface area contributed by atoms with E-state index in [1.54, 1.807) is 24.3 Å². The van der Waals surface area contributed by atoms with E-state index < -0.39 is 5.67 Å². The molecule has 1 unspecified atom stereocenters. The van der Waals surface area contributed by atoms with Gasteiger partial charge in [-0.25, -0.2) is 4.39 Å². The van der Waals surface area contributed by atoms with Gasteiger partial charge in [0.15, 0.2) is 11.5 Å². The molecule has 1 aromatic rings. The largest absolute Gasteiger partial charge is 0.303 e. The number of hydrogen-bond donors (Lipinski definition) is 0. The van der Waals surface area contributed by atoms with Crippen molar-refractivity contribution in [3.8, 4) is 0 Å². The zero-order valence-corrected chi connectivity index (χ0v) is 9.66. The van der Waals surface area contributed by atoms with Crippen LogP contribution in [-0.2, 0) is 5.67 Å². The maximum absolute atomic E-state index is 14.7. The SMILES string of the molecule is CC(=O)c1ccccc1C1(F)CCN(C)C1. The Labute approximate surface area is 95.1 Å². The van der Waals surface area contributed by atoms with Crippen LogP contribution in [0, 0.1) is 0 Å². The normalized spacial score (nSPS) is 25.9. The fourth-order valence-electron chi connectivity index (χ4n) is 2.35. The summed E-state index contributed by atoms with van der Waals surface area (Å²) >= 11 is 0. The summed E-state index contributed by atoms with van der Waals surface area (Å²) in [6, 6.07) is 7.01. The number of ketones is 1. The maximum Gasteiger partial charge on any atom is 0.160 e. The lowest BCUT2D eigenvalue weighted by molar-refractivity contribution is 0.100. The number of likely N-dealkylation sites (tertiary alicyclic amines) is 1. The van der Waals surface area contributed by atoms with Gasteiger partial charge in [0.1, 0.15) is 0 Å². The van der Waals surface area contributed by atoms with Crippen molar-refractivity contribution >= 4 is 5.78 Å². The molecule has 1 heterocycles. The molecule has 0 radical (unpaired) electrons. The van der Waals surface area contributed by atoms with Crippen molar-refractivity contribution < 1.29 is 9.18 Å². The highest BCUT2D eigenvalue weighted by atomic mass is 19.1. The lowest BCUT2D eigenvalue weighted by Crippen LogP contribution is -2.26. The summed E-state index contributed by atoms with van der Waals surface area (Å²) in [5.74, 6) is -0.0674. The van der Waals surface area contributed by atoms with Crippen LogP contribution in [0.2, 0.25) is 0 Å². The number of halogens is 1. The van der Waals surface area contributed by atoms with Gasteiger partial charge in [-0.05, 0) is 20.4 Å². The van der Waals surface area contributed by atoms with Crippen LogP contribution in [0.5, 0.6) is 0 Å². The van der Waals surface area contributed by atoms with E-state index in [4.69, 9.17) is 0 Å². The first-order valence-electron chi connectivity index (χ1n) is 5.51. The number of benzene rings is 1. The predicted molar refractivity (Wildman–Crippen MR) is 61.3 cm³/mol. The van der Waals surface area contributed by atoms with Crippen molar-refractivity contribution in [1.82, 2.24) is 4.90 Å².